The van der Waals surface area contributed by atoms with Gasteiger partial charge in [-0.05, 0) is 24.3 Å². The molecule has 0 saturated heterocycles. The fourth-order valence-corrected chi connectivity index (χ4v) is 2.82. The maximum atomic E-state index is 13.7. The van der Waals surface area contributed by atoms with Gasteiger partial charge in [0.15, 0.2) is 0 Å². The van der Waals surface area contributed by atoms with Crippen LogP contribution in [0.15, 0.2) is 30.3 Å². The van der Waals surface area contributed by atoms with E-state index >= 15 is 0 Å². The smallest absolute Gasteiger partial charge is 0.135 e. The number of anilines is 1. The van der Waals surface area contributed by atoms with Crippen LogP contribution in [0.25, 0.3) is 21.5 Å². The van der Waals surface area contributed by atoms with E-state index in [1.54, 1.807) is 12.1 Å². The van der Waals surface area contributed by atoms with Crippen LogP contribution in [0.4, 0.5) is 14.5 Å². The number of hydrogen-bond acceptors (Lipinski definition) is 4. The van der Waals surface area contributed by atoms with Crippen molar-refractivity contribution in [3.05, 3.63) is 46.8 Å². The quantitative estimate of drug-likeness (QED) is 0.742. The first kappa shape index (κ1) is 12.5. The molecule has 0 unspecified atom stereocenters. The van der Waals surface area contributed by atoms with Crippen LogP contribution in [0.2, 0.25) is 0 Å². The number of nitrogen functional groups attached to an aromatic ring is 1. The number of fused-ring (bicyclic) bond motifs is 1. The molecule has 0 atom stereocenters. The van der Waals surface area contributed by atoms with Crippen LogP contribution in [0.3, 0.4) is 0 Å². The summed E-state index contributed by atoms with van der Waals surface area (Å²) in [6.45, 7) is 0. The molecule has 20 heavy (non-hydrogen) atoms. The Morgan fingerprint density at radius 2 is 2.00 bits per heavy atom. The van der Waals surface area contributed by atoms with E-state index in [-0.39, 0.29) is 5.56 Å². The van der Waals surface area contributed by atoms with Crippen molar-refractivity contribution in [2.75, 3.05) is 5.73 Å². The number of nitrogens with two attached hydrogens (primary N) is 1. The highest BCUT2D eigenvalue weighted by molar-refractivity contribution is 7.19. The molecule has 2 N–H and O–H groups in total. The first-order valence-electron chi connectivity index (χ1n) is 5.64. The Morgan fingerprint density at radius 3 is 2.70 bits per heavy atom. The molecule has 0 spiro atoms. The van der Waals surface area contributed by atoms with Gasteiger partial charge in [-0.15, -0.1) is 11.3 Å². The van der Waals surface area contributed by atoms with E-state index in [9.17, 15) is 8.78 Å². The fourth-order valence-electron chi connectivity index (χ4n) is 1.93. The first-order chi connectivity index (χ1) is 9.60. The van der Waals surface area contributed by atoms with Gasteiger partial charge in [0, 0.05) is 17.0 Å². The van der Waals surface area contributed by atoms with Gasteiger partial charge in [0.2, 0.25) is 0 Å². The van der Waals surface area contributed by atoms with Crippen LogP contribution in [0, 0.1) is 23.0 Å². The SMILES string of the molecule is N#Cc1sc2nc(-c3ccc(F)cc3F)ccc2c1N. The summed E-state index contributed by atoms with van der Waals surface area (Å²) >= 11 is 1.15. The zero-order chi connectivity index (χ0) is 14.3. The van der Waals surface area contributed by atoms with Gasteiger partial charge in [-0.3, -0.25) is 0 Å². The number of rotatable bonds is 1. The van der Waals surface area contributed by atoms with Gasteiger partial charge < -0.3 is 5.73 Å². The molecule has 0 aliphatic carbocycles. The monoisotopic (exact) mass is 287 g/mol. The number of halogens is 2. The lowest BCUT2D eigenvalue weighted by Gasteiger charge is -2.03. The third-order valence-electron chi connectivity index (χ3n) is 2.90. The van der Waals surface area contributed by atoms with Crippen molar-refractivity contribution in [1.82, 2.24) is 4.98 Å². The molecule has 0 fully saturated rings. The predicted molar refractivity (Wildman–Crippen MR) is 74.1 cm³/mol. The van der Waals surface area contributed by atoms with Gasteiger partial charge in [-0.2, -0.15) is 5.26 Å². The molecular weight excluding hydrogens is 280 g/mol. The summed E-state index contributed by atoms with van der Waals surface area (Å²) in [7, 11) is 0. The van der Waals surface area contributed by atoms with Gasteiger partial charge in [0.1, 0.15) is 27.4 Å². The summed E-state index contributed by atoms with van der Waals surface area (Å²) in [5, 5.41) is 9.60. The van der Waals surface area contributed by atoms with Crippen molar-refractivity contribution in [3.63, 3.8) is 0 Å². The summed E-state index contributed by atoms with van der Waals surface area (Å²) in [6, 6.07) is 8.60. The van der Waals surface area contributed by atoms with E-state index in [4.69, 9.17) is 11.0 Å². The Balaban J connectivity index is 2.21. The summed E-state index contributed by atoms with van der Waals surface area (Å²) in [5.74, 6) is -1.32. The highest BCUT2D eigenvalue weighted by atomic mass is 32.1. The molecule has 3 rings (SSSR count). The largest absolute Gasteiger partial charge is 0.396 e. The lowest BCUT2D eigenvalue weighted by atomic mass is 10.1. The number of hydrogen-bond donors (Lipinski definition) is 1. The van der Waals surface area contributed by atoms with Crippen LogP contribution in [-0.4, -0.2) is 4.98 Å². The third kappa shape index (κ3) is 1.89. The minimum atomic E-state index is -0.679. The maximum Gasteiger partial charge on any atom is 0.135 e. The average Bonchev–Trinajstić information content (AvgIpc) is 2.75. The molecule has 2 aromatic heterocycles. The number of thiophene rings is 1. The van der Waals surface area contributed by atoms with E-state index in [0.29, 0.717) is 26.5 Å². The molecule has 3 nitrogen and oxygen atoms in total. The predicted octanol–water partition coefficient (Wildman–Crippen LogP) is 3.70. The summed E-state index contributed by atoms with van der Waals surface area (Å²) < 4.78 is 26.6. The lowest BCUT2D eigenvalue weighted by molar-refractivity contribution is 0.585. The molecular formula is C14H7F2N3S. The van der Waals surface area contributed by atoms with E-state index in [2.05, 4.69) is 4.98 Å². The van der Waals surface area contributed by atoms with Crippen molar-refractivity contribution in [3.8, 4) is 17.3 Å². The zero-order valence-electron chi connectivity index (χ0n) is 10.0. The molecule has 0 radical (unpaired) electrons. The van der Waals surface area contributed by atoms with Crippen molar-refractivity contribution >= 4 is 27.2 Å². The highest BCUT2D eigenvalue weighted by Crippen LogP contribution is 2.34. The fraction of sp³-hybridized carbons (Fsp3) is 0. The molecule has 0 aliphatic rings. The molecule has 0 amide bonds. The molecule has 1 aromatic carbocycles. The van der Waals surface area contributed by atoms with E-state index < -0.39 is 11.6 Å². The van der Waals surface area contributed by atoms with Crippen LogP contribution in [0.5, 0.6) is 0 Å². The number of benzene rings is 1. The minimum Gasteiger partial charge on any atom is -0.396 e. The van der Waals surface area contributed by atoms with Crippen LogP contribution in [0.1, 0.15) is 4.88 Å². The van der Waals surface area contributed by atoms with Crippen LogP contribution in [-0.2, 0) is 0 Å². The molecule has 6 heteroatoms. The van der Waals surface area contributed by atoms with Crippen molar-refractivity contribution in [1.29, 1.82) is 5.26 Å². The van der Waals surface area contributed by atoms with E-state index in [0.717, 1.165) is 17.4 Å². The van der Waals surface area contributed by atoms with Crippen molar-refractivity contribution < 1.29 is 8.78 Å². The Morgan fingerprint density at radius 1 is 1.20 bits per heavy atom. The number of nitrogens with zero attached hydrogens (tertiary/aromatic N) is 2. The van der Waals surface area contributed by atoms with Gasteiger partial charge >= 0.3 is 0 Å². The van der Waals surface area contributed by atoms with Crippen LogP contribution < -0.4 is 5.73 Å². The van der Waals surface area contributed by atoms with E-state index in [1.165, 1.54) is 12.1 Å². The molecule has 98 valence electrons. The maximum absolute atomic E-state index is 13.7. The Kier molecular flexibility index (Phi) is 2.84. The topological polar surface area (TPSA) is 62.7 Å². The van der Waals surface area contributed by atoms with E-state index in [1.807, 2.05) is 6.07 Å². The zero-order valence-corrected chi connectivity index (χ0v) is 10.8. The second kappa shape index (κ2) is 4.54. The van der Waals surface area contributed by atoms with Gasteiger partial charge in [0.25, 0.3) is 0 Å². The molecule has 3 aromatic rings. The van der Waals surface area contributed by atoms with Gasteiger partial charge in [-0.25, -0.2) is 13.8 Å². The summed E-state index contributed by atoms with van der Waals surface area (Å²) in [5.41, 5.74) is 6.78. The number of pyridine rings is 1. The highest BCUT2D eigenvalue weighted by Gasteiger charge is 2.13. The Hall–Kier alpha value is -2.52. The molecule has 0 aliphatic heterocycles. The average molecular weight is 287 g/mol. The number of nitriles is 1. The van der Waals surface area contributed by atoms with Crippen molar-refractivity contribution in [2.45, 2.75) is 0 Å². The summed E-state index contributed by atoms with van der Waals surface area (Å²) in [4.78, 5) is 5.23. The molecule has 0 bridgehead atoms. The second-order valence-electron chi connectivity index (χ2n) is 4.13. The summed E-state index contributed by atoms with van der Waals surface area (Å²) in [6.07, 6.45) is 0. The van der Waals surface area contributed by atoms with Gasteiger partial charge in [-0.1, -0.05) is 0 Å². The van der Waals surface area contributed by atoms with Crippen molar-refractivity contribution in [2.24, 2.45) is 0 Å². The van der Waals surface area contributed by atoms with Gasteiger partial charge in [0.05, 0.1) is 11.4 Å². The lowest BCUT2D eigenvalue weighted by Crippen LogP contribution is -1.90. The number of aromatic nitrogens is 1. The Labute approximate surface area is 116 Å². The molecule has 0 saturated carbocycles. The minimum absolute atomic E-state index is 0.207. The standard InChI is InChI=1S/C14H7F2N3S/c15-7-1-2-8(10(16)5-7)11-4-3-9-13(18)12(6-17)20-14(9)19-11/h1-5H,18H2. The molecule has 2 heterocycles. The second-order valence-corrected chi connectivity index (χ2v) is 5.13. The Bertz CT molecular complexity index is 865. The third-order valence-corrected chi connectivity index (χ3v) is 3.92. The normalized spacial score (nSPS) is 10.7. The first-order valence-corrected chi connectivity index (χ1v) is 6.46. The van der Waals surface area contributed by atoms with Crippen LogP contribution >= 0.6 is 11.3 Å².